The maximum Gasteiger partial charge on any atom is 0.279 e. The third-order valence-electron chi connectivity index (χ3n) is 1.55. The number of nitrogens with one attached hydrogen (secondary N) is 1. The number of hydrogen-bond donors (Lipinski definition) is 1. The molecule has 0 spiro atoms. The zero-order valence-corrected chi connectivity index (χ0v) is 9.18. The molecule has 0 amide bonds. The summed E-state index contributed by atoms with van der Waals surface area (Å²) >= 11 is 0. The fourth-order valence-electron chi connectivity index (χ4n) is 0.496. The molecule has 0 saturated carbocycles. The van der Waals surface area contributed by atoms with Crippen LogP contribution in [0.5, 0.6) is 0 Å². The van der Waals surface area contributed by atoms with E-state index >= 15 is 0 Å². The third-order valence-corrected chi connectivity index (χ3v) is 3.02. The first-order valence-corrected chi connectivity index (χ1v) is 5.41. The summed E-state index contributed by atoms with van der Waals surface area (Å²) in [4.78, 5) is 11.1. The summed E-state index contributed by atoms with van der Waals surface area (Å²) in [7, 11) is -0.654. The van der Waals surface area contributed by atoms with Gasteiger partial charge >= 0.3 is 0 Å². The Morgan fingerprint density at radius 2 is 1.85 bits per heavy atom. The zero-order chi connectivity index (χ0) is 10.6. The van der Waals surface area contributed by atoms with Gasteiger partial charge in [-0.2, -0.15) is 17.4 Å². The van der Waals surface area contributed by atoms with Gasteiger partial charge in [-0.15, -0.1) is 0 Å². The number of rotatable bonds is 5. The van der Waals surface area contributed by atoms with Crippen LogP contribution in [-0.4, -0.2) is 39.1 Å². The zero-order valence-electron chi connectivity index (χ0n) is 8.36. The fraction of sp³-hybridized carbons (Fsp3) is 0.857. The largest absolute Gasteiger partial charge is 0.298 e. The van der Waals surface area contributed by atoms with Crippen molar-refractivity contribution < 1.29 is 13.2 Å². The summed E-state index contributed by atoms with van der Waals surface area (Å²) in [6.07, 6.45) is 0. The monoisotopic (exact) mass is 208 g/mol. The van der Waals surface area contributed by atoms with E-state index < -0.39 is 10.2 Å². The van der Waals surface area contributed by atoms with Crippen LogP contribution in [0.15, 0.2) is 0 Å². The normalized spacial score (nSPS) is 12.5. The van der Waals surface area contributed by atoms with Gasteiger partial charge in [-0.1, -0.05) is 13.8 Å². The lowest BCUT2D eigenvalue weighted by molar-refractivity contribution is -0.120. The van der Waals surface area contributed by atoms with E-state index in [1.54, 1.807) is 13.8 Å². The van der Waals surface area contributed by atoms with Gasteiger partial charge < -0.3 is 0 Å². The molecule has 5 nitrogen and oxygen atoms in total. The molecule has 0 bridgehead atoms. The van der Waals surface area contributed by atoms with Gasteiger partial charge in [0.05, 0.1) is 6.54 Å². The van der Waals surface area contributed by atoms with Crippen LogP contribution < -0.4 is 4.72 Å². The lowest BCUT2D eigenvalue weighted by Gasteiger charge is -2.12. The Labute approximate surface area is 79.3 Å². The number of nitrogens with zero attached hydrogens (tertiary/aromatic N) is 1. The van der Waals surface area contributed by atoms with Crippen molar-refractivity contribution in [1.29, 1.82) is 0 Å². The highest BCUT2D eigenvalue weighted by Gasteiger charge is 2.15. The molecule has 0 aliphatic rings. The van der Waals surface area contributed by atoms with E-state index in [1.807, 2.05) is 0 Å². The minimum atomic E-state index is -3.46. The topological polar surface area (TPSA) is 66.5 Å². The SMILES string of the molecule is CC(C)C(=O)CNS(=O)(=O)N(C)C. The Kier molecular flexibility index (Phi) is 4.52. The maximum atomic E-state index is 11.1. The summed E-state index contributed by atoms with van der Waals surface area (Å²) in [5, 5.41) is 0. The molecular weight excluding hydrogens is 192 g/mol. The third kappa shape index (κ3) is 4.35. The summed E-state index contributed by atoms with van der Waals surface area (Å²) in [6.45, 7) is 3.32. The number of carbonyl (C=O) groups is 1. The van der Waals surface area contributed by atoms with E-state index in [9.17, 15) is 13.2 Å². The van der Waals surface area contributed by atoms with Gasteiger partial charge in [0.15, 0.2) is 0 Å². The van der Waals surface area contributed by atoms with Gasteiger partial charge in [0.2, 0.25) is 0 Å². The maximum absolute atomic E-state index is 11.1. The van der Waals surface area contributed by atoms with Gasteiger partial charge in [-0.3, -0.25) is 4.79 Å². The molecule has 0 aliphatic heterocycles. The van der Waals surface area contributed by atoms with Gasteiger partial charge in [-0.25, -0.2) is 0 Å². The first-order valence-electron chi connectivity index (χ1n) is 3.97. The van der Waals surface area contributed by atoms with Crippen LogP contribution in [0.2, 0.25) is 0 Å². The Balaban J connectivity index is 4.12. The Hall–Kier alpha value is -0.460. The molecule has 0 aromatic heterocycles. The van der Waals surface area contributed by atoms with Crippen molar-refractivity contribution in [1.82, 2.24) is 9.03 Å². The van der Waals surface area contributed by atoms with Crippen molar-refractivity contribution in [2.45, 2.75) is 13.8 Å². The highest BCUT2D eigenvalue weighted by Crippen LogP contribution is 1.94. The Morgan fingerprint density at radius 3 is 2.15 bits per heavy atom. The van der Waals surface area contributed by atoms with E-state index in [4.69, 9.17) is 0 Å². The number of hydrogen-bond acceptors (Lipinski definition) is 3. The van der Waals surface area contributed by atoms with Crippen LogP contribution in [0.4, 0.5) is 0 Å². The van der Waals surface area contributed by atoms with E-state index in [0.717, 1.165) is 4.31 Å². The molecule has 0 fully saturated rings. The molecule has 6 heteroatoms. The Bertz CT molecular complexity index is 269. The van der Waals surface area contributed by atoms with Gasteiger partial charge in [0.1, 0.15) is 5.78 Å². The lowest BCUT2D eigenvalue weighted by Crippen LogP contribution is -2.39. The Morgan fingerprint density at radius 1 is 1.38 bits per heavy atom. The summed E-state index contributed by atoms with van der Waals surface area (Å²) in [5.41, 5.74) is 0. The number of ketones is 1. The minimum Gasteiger partial charge on any atom is -0.298 e. The van der Waals surface area contributed by atoms with Gasteiger partial charge in [0, 0.05) is 20.0 Å². The summed E-state index contributed by atoms with van der Waals surface area (Å²) < 4.78 is 25.5. The van der Waals surface area contributed by atoms with Crippen molar-refractivity contribution in [3.05, 3.63) is 0 Å². The van der Waals surface area contributed by atoms with Crippen molar-refractivity contribution in [2.24, 2.45) is 5.92 Å². The molecule has 0 rings (SSSR count). The van der Waals surface area contributed by atoms with Crippen molar-refractivity contribution in [3.63, 3.8) is 0 Å². The highest BCUT2D eigenvalue weighted by atomic mass is 32.2. The minimum absolute atomic E-state index is 0.120. The first kappa shape index (κ1) is 12.5. The summed E-state index contributed by atoms with van der Waals surface area (Å²) in [6, 6.07) is 0. The van der Waals surface area contributed by atoms with Crippen molar-refractivity contribution in [3.8, 4) is 0 Å². The molecule has 0 heterocycles. The predicted molar refractivity (Wildman–Crippen MR) is 50.5 cm³/mol. The molecule has 0 saturated heterocycles. The average Bonchev–Trinajstić information content (AvgIpc) is 1.99. The van der Waals surface area contributed by atoms with E-state index in [2.05, 4.69) is 4.72 Å². The summed E-state index contributed by atoms with van der Waals surface area (Å²) in [5.74, 6) is -0.268. The predicted octanol–water partition coefficient (Wildman–Crippen LogP) is -0.392. The molecule has 1 N–H and O–H groups in total. The van der Waals surface area contributed by atoms with E-state index in [0.29, 0.717) is 0 Å². The van der Waals surface area contributed by atoms with Crippen molar-refractivity contribution >= 4 is 16.0 Å². The highest BCUT2D eigenvalue weighted by molar-refractivity contribution is 7.87. The van der Waals surface area contributed by atoms with Crippen LogP contribution in [-0.2, 0) is 15.0 Å². The standard InChI is InChI=1S/C7H16N2O3S/c1-6(2)7(10)5-8-13(11,12)9(3)4/h6,8H,5H2,1-4H3. The van der Waals surface area contributed by atoms with Crippen LogP contribution >= 0.6 is 0 Å². The second-order valence-corrected chi connectivity index (χ2v) is 5.20. The first-order chi connectivity index (χ1) is 5.77. The van der Waals surface area contributed by atoms with Gasteiger partial charge in [-0.05, 0) is 0 Å². The van der Waals surface area contributed by atoms with Crippen molar-refractivity contribution in [2.75, 3.05) is 20.6 Å². The second kappa shape index (κ2) is 4.69. The van der Waals surface area contributed by atoms with Crippen LogP contribution in [0, 0.1) is 5.92 Å². The number of carbonyl (C=O) groups excluding carboxylic acids is 1. The molecule has 0 aromatic rings. The van der Waals surface area contributed by atoms with Crippen LogP contribution in [0.25, 0.3) is 0 Å². The molecule has 0 aliphatic carbocycles. The molecule has 0 atom stereocenters. The lowest BCUT2D eigenvalue weighted by atomic mass is 10.1. The number of Topliss-reactive ketones (excluding diaryl/α,β-unsaturated/α-hetero) is 1. The molecular formula is C7H16N2O3S. The molecule has 13 heavy (non-hydrogen) atoms. The quantitative estimate of drug-likeness (QED) is 0.669. The fourth-order valence-corrected chi connectivity index (χ4v) is 1.08. The second-order valence-electron chi connectivity index (χ2n) is 3.23. The smallest absolute Gasteiger partial charge is 0.279 e. The molecule has 0 radical (unpaired) electrons. The van der Waals surface area contributed by atoms with Crippen LogP contribution in [0.3, 0.4) is 0 Å². The average molecular weight is 208 g/mol. The molecule has 0 aromatic carbocycles. The van der Waals surface area contributed by atoms with E-state index in [-0.39, 0.29) is 18.2 Å². The van der Waals surface area contributed by atoms with Gasteiger partial charge in [0.25, 0.3) is 10.2 Å². The van der Waals surface area contributed by atoms with E-state index in [1.165, 1.54) is 14.1 Å². The molecule has 78 valence electrons. The molecule has 0 unspecified atom stereocenters. The van der Waals surface area contributed by atoms with Crippen LogP contribution in [0.1, 0.15) is 13.8 Å².